The Balaban J connectivity index is 2.37. The highest BCUT2D eigenvalue weighted by Gasteiger charge is 2.01. The average Bonchev–Trinajstić information content (AvgIpc) is 2.55. The summed E-state index contributed by atoms with van der Waals surface area (Å²) in [6.07, 6.45) is 2.11. The van der Waals surface area contributed by atoms with Gasteiger partial charge in [-0.3, -0.25) is 9.80 Å². The lowest BCUT2D eigenvalue weighted by Gasteiger charge is -2.11. The molecule has 0 aliphatic carbocycles. The van der Waals surface area contributed by atoms with E-state index in [1.165, 1.54) is 5.56 Å². The summed E-state index contributed by atoms with van der Waals surface area (Å²) in [7, 11) is 0. The maximum atomic E-state index is 11.4. The molecule has 1 amide bonds. The minimum absolute atomic E-state index is 0.0151. The standard InChI is InChI=1S/C16H26N4O2/c1-3-20(4-2)19-18-15-10-8-14(9-11-15)6-5-7-16(22)17-12-13-21/h8-11,21H,3-7,12-13H2,1-2H3,(H,17,22)/b19-18+. The van der Waals surface area contributed by atoms with E-state index in [1.54, 1.807) is 0 Å². The van der Waals surface area contributed by atoms with Crippen LogP contribution in [-0.4, -0.2) is 42.3 Å². The third-order valence-corrected chi connectivity index (χ3v) is 3.26. The summed E-state index contributed by atoms with van der Waals surface area (Å²) >= 11 is 0. The predicted molar refractivity (Wildman–Crippen MR) is 86.9 cm³/mol. The molecule has 0 aromatic heterocycles. The van der Waals surface area contributed by atoms with E-state index in [9.17, 15) is 4.79 Å². The van der Waals surface area contributed by atoms with Crippen molar-refractivity contribution in [3.05, 3.63) is 29.8 Å². The summed E-state index contributed by atoms with van der Waals surface area (Å²) in [6.45, 7) is 6.08. The number of amides is 1. The number of nitrogens with zero attached hydrogens (tertiary/aromatic N) is 3. The largest absolute Gasteiger partial charge is 0.395 e. The normalized spacial score (nSPS) is 10.9. The molecule has 0 bridgehead atoms. The van der Waals surface area contributed by atoms with E-state index in [0.717, 1.165) is 31.6 Å². The lowest BCUT2D eigenvalue weighted by Crippen LogP contribution is -2.26. The number of benzene rings is 1. The summed E-state index contributed by atoms with van der Waals surface area (Å²) in [6, 6.07) is 7.91. The van der Waals surface area contributed by atoms with Crippen LogP contribution < -0.4 is 5.32 Å². The minimum atomic E-state index is -0.0186. The first-order valence-electron chi connectivity index (χ1n) is 7.82. The maximum Gasteiger partial charge on any atom is 0.220 e. The van der Waals surface area contributed by atoms with Crippen LogP contribution in [0.3, 0.4) is 0 Å². The van der Waals surface area contributed by atoms with Gasteiger partial charge >= 0.3 is 0 Å². The molecule has 1 rings (SSSR count). The number of nitrogens with one attached hydrogen (secondary N) is 1. The molecule has 1 aromatic carbocycles. The summed E-state index contributed by atoms with van der Waals surface area (Å²) in [5.74, 6) is -0.0151. The van der Waals surface area contributed by atoms with Gasteiger partial charge in [0, 0.05) is 26.1 Å². The number of hydrogen-bond donors (Lipinski definition) is 2. The Bertz CT molecular complexity index is 456. The van der Waals surface area contributed by atoms with Gasteiger partial charge in [0.05, 0.1) is 12.3 Å². The minimum Gasteiger partial charge on any atom is -0.395 e. The van der Waals surface area contributed by atoms with Crippen molar-refractivity contribution in [2.45, 2.75) is 33.1 Å². The Morgan fingerprint density at radius 2 is 1.91 bits per heavy atom. The average molecular weight is 306 g/mol. The molecule has 0 fully saturated rings. The molecule has 0 heterocycles. The Morgan fingerprint density at radius 3 is 2.50 bits per heavy atom. The number of aliphatic hydroxyl groups is 1. The molecule has 1 aromatic rings. The zero-order valence-electron chi connectivity index (χ0n) is 13.5. The van der Waals surface area contributed by atoms with Gasteiger partial charge in [0.25, 0.3) is 0 Å². The monoisotopic (exact) mass is 306 g/mol. The van der Waals surface area contributed by atoms with Crippen molar-refractivity contribution in [2.75, 3.05) is 26.2 Å². The Hall–Kier alpha value is -1.95. The highest BCUT2D eigenvalue weighted by atomic mass is 16.3. The van der Waals surface area contributed by atoms with E-state index in [-0.39, 0.29) is 12.5 Å². The van der Waals surface area contributed by atoms with Crippen LogP contribution in [0.4, 0.5) is 5.69 Å². The fraction of sp³-hybridized carbons (Fsp3) is 0.562. The molecule has 2 N–H and O–H groups in total. The molecule has 0 unspecified atom stereocenters. The molecule has 0 saturated heterocycles. The molecule has 0 spiro atoms. The van der Waals surface area contributed by atoms with E-state index in [4.69, 9.17) is 5.11 Å². The van der Waals surface area contributed by atoms with Crippen molar-refractivity contribution in [1.29, 1.82) is 0 Å². The van der Waals surface area contributed by atoms with E-state index >= 15 is 0 Å². The molecule has 22 heavy (non-hydrogen) atoms. The Kier molecular flexibility index (Phi) is 8.83. The van der Waals surface area contributed by atoms with Crippen LogP contribution in [0, 0.1) is 0 Å². The third-order valence-electron chi connectivity index (χ3n) is 3.26. The number of rotatable bonds is 10. The first-order chi connectivity index (χ1) is 10.7. The lowest BCUT2D eigenvalue weighted by molar-refractivity contribution is -0.121. The second-order valence-corrected chi connectivity index (χ2v) is 4.92. The molecular weight excluding hydrogens is 280 g/mol. The number of aryl methyl sites for hydroxylation is 1. The molecule has 0 aliphatic heterocycles. The van der Waals surface area contributed by atoms with Crippen LogP contribution >= 0.6 is 0 Å². The fourth-order valence-electron chi connectivity index (χ4n) is 1.93. The highest BCUT2D eigenvalue weighted by Crippen LogP contribution is 2.15. The predicted octanol–water partition coefficient (Wildman–Crippen LogP) is 2.46. The fourth-order valence-corrected chi connectivity index (χ4v) is 1.93. The van der Waals surface area contributed by atoms with E-state index in [0.29, 0.717) is 13.0 Å². The van der Waals surface area contributed by atoms with Crippen molar-refractivity contribution >= 4 is 11.6 Å². The smallest absolute Gasteiger partial charge is 0.220 e. The first kappa shape index (κ1) is 18.1. The van der Waals surface area contributed by atoms with Crippen LogP contribution in [-0.2, 0) is 11.2 Å². The number of carbonyl (C=O) groups is 1. The molecule has 0 saturated carbocycles. The summed E-state index contributed by atoms with van der Waals surface area (Å²) in [5.41, 5.74) is 2.01. The van der Waals surface area contributed by atoms with Crippen molar-refractivity contribution in [1.82, 2.24) is 10.3 Å². The molecule has 0 atom stereocenters. The quantitative estimate of drug-likeness (QED) is 0.515. The van der Waals surface area contributed by atoms with Crippen LogP contribution in [0.15, 0.2) is 34.6 Å². The van der Waals surface area contributed by atoms with Gasteiger partial charge in [0.15, 0.2) is 0 Å². The van der Waals surface area contributed by atoms with Gasteiger partial charge in [-0.25, -0.2) is 0 Å². The first-order valence-corrected chi connectivity index (χ1v) is 7.82. The van der Waals surface area contributed by atoms with E-state index < -0.39 is 0 Å². The summed E-state index contributed by atoms with van der Waals surface area (Å²) in [4.78, 5) is 11.4. The second kappa shape index (κ2) is 10.7. The van der Waals surface area contributed by atoms with Crippen molar-refractivity contribution in [2.24, 2.45) is 10.3 Å². The topological polar surface area (TPSA) is 77.3 Å². The van der Waals surface area contributed by atoms with E-state index in [1.807, 2.05) is 43.1 Å². The molecular formula is C16H26N4O2. The van der Waals surface area contributed by atoms with Crippen LogP contribution in [0.1, 0.15) is 32.3 Å². The van der Waals surface area contributed by atoms with Crippen molar-refractivity contribution in [3.8, 4) is 0 Å². The molecule has 0 aliphatic rings. The Morgan fingerprint density at radius 1 is 1.23 bits per heavy atom. The highest BCUT2D eigenvalue weighted by molar-refractivity contribution is 5.75. The van der Waals surface area contributed by atoms with Gasteiger partial charge in [0.1, 0.15) is 0 Å². The maximum absolute atomic E-state index is 11.4. The number of carbonyl (C=O) groups excluding carboxylic acids is 1. The van der Waals surface area contributed by atoms with Crippen molar-refractivity contribution in [3.63, 3.8) is 0 Å². The van der Waals surface area contributed by atoms with Crippen LogP contribution in [0.25, 0.3) is 0 Å². The SMILES string of the molecule is CCN(CC)/N=N/c1ccc(CCCC(=O)NCCO)cc1. The summed E-state index contributed by atoms with van der Waals surface area (Å²) < 4.78 is 0. The lowest BCUT2D eigenvalue weighted by atomic mass is 10.1. The molecule has 0 radical (unpaired) electrons. The van der Waals surface area contributed by atoms with Gasteiger partial charge in [0.2, 0.25) is 5.91 Å². The summed E-state index contributed by atoms with van der Waals surface area (Å²) in [5, 5.41) is 21.5. The van der Waals surface area contributed by atoms with Gasteiger partial charge in [-0.05, 0) is 44.4 Å². The zero-order valence-corrected chi connectivity index (χ0v) is 13.5. The number of hydrogen-bond acceptors (Lipinski definition) is 4. The van der Waals surface area contributed by atoms with E-state index in [2.05, 4.69) is 15.7 Å². The van der Waals surface area contributed by atoms with Gasteiger partial charge in [-0.1, -0.05) is 17.4 Å². The Labute approximate surface area is 132 Å². The molecule has 122 valence electrons. The van der Waals surface area contributed by atoms with Crippen molar-refractivity contribution < 1.29 is 9.90 Å². The number of aliphatic hydroxyl groups excluding tert-OH is 1. The molecule has 6 heteroatoms. The zero-order chi connectivity index (χ0) is 16.2. The van der Waals surface area contributed by atoms with Crippen LogP contribution in [0.2, 0.25) is 0 Å². The van der Waals surface area contributed by atoms with Gasteiger partial charge < -0.3 is 10.4 Å². The third kappa shape index (κ3) is 7.17. The van der Waals surface area contributed by atoms with Crippen LogP contribution in [0.5, 0.6) is 0 Å². The molecule has 6 nitrogen and oxygen atoms in total. The van der Waals surface area contributed by atoms with Gasteiger partial charge in [-0.15, -0.1) is 5.11 Å². The van der Waals surface area contributed by atoms with Gasteiger partial charge in [-0.2, -0.15) is 0 Å². The second-order valence-electron chi connectivity index (χ2n) is 4.92.